The van der Waals surface area contributed by atoms with Crippen LogP contribution in [0, 0.1) is 0 Å². The molecule has 1 atom stereocenters. The first kappa shape index (κ1) is 18.2. The molecule has 0 aliphatic carbocycles. The van der Waals surface area contributed by atoms with Gasteiger partial charge in [-0.1, -0.05) is 54.1 Å². The van der Waals surface area contributed by atoms with Gasteiger partial charge in [0.1, 0.15) is 5.76 Å². The van der Waals surface area contributed by atoms with Crippen molar-refractivity contribution in [1.82, 2.24) is 4.90 Å². The number of halogens is 1. The van der Waals surface area contributed by atoms with Crippen LogP contribution < -0.4 is 0 Å². The number of methoxy groups -OCH3 is 1. The molecule has 0 radical (unpaired) electrons. The number of nitrogens with zero attached hydrogens (tertiary/aromatic N) is 1. The smallest absolute Gasteiger partial charge is 0.295 e. The van der Waals surface area contributed by atoms with Gasteiger partial charge in [0.15, 0.2) is 0 Å². The first-order valence-corrected chi connectivity index (χ1v) is 8.50. The maximum absolute atomic E-state index is 12.7. The van der Waals surface area contributed by atoms with E-state index in [2.05, 4.69) is 0 Å². The fourth-order valence-corrected chi connectivity index (χ4v) is 3.17. The van der Waals surface area contributed by atoms with Gasteiger partial charge in [-0.15, -0.1) is 0 Å². The van der Waals surface area contributed by atoms with Gasteiger partial charge < -0.3 is 14.7 Å². The Morgan fingerprint density at radius 1 is 1.12 bits per heavy atom. The summed E-state index contributed by atoms with van der Waals surface area (Å²) in [6.07, 6.45) is 0. The molecule has 5 nitrogen and oxygen atoms in total. The molecule has 2 aromatic carbocycles. The van der Waals surface area contributed by atoms with Gasteiger partial charge in [-0.05, 0) is 17.7 Å². The molecule has 6 heteroatoms. The predicted octanol–water partition coefficient (Wildman–Crippen LogP) is 3.41. The van der Waals surface area contributed by atoms with Gasteiger partial charge in [0, 0.05) is 24.2 Å². The summed E-state index contributed by atoms with van der Waals surface area (Å²) in [6.45, 7) is 0.516. The van der Waals surface area contributed by atoms with Crippen molar-refractivity contribution < 1.29 is 19.4 Å². The molecule has 0 bridgehead atoms. The molecule has 1 saturated heterocycles. The number of hydrogen-bond acceptors (Lipinski definition) is 4. The highest BCUT2D eigenvalue weighted by Gasteiger charge is 2.45. The van der Waals surface area contributed by atoms with Gasteiger partial charge in [-0.2, -0.15) is 0 Å². The highest BCUT2D eigenvalue weighted by molar-refractivity contribution is 6.46. The number of amides is 1. The molecule has 1 aliphatic heterocycles. The van der Waals surface area contributed by atoms with Crippen molar-refractivity contribution in [2.24, 2.45) is 0 Å². The van der Waals surface area contributed by atoms with E-state index in [1.807, 2.05) is 6.07 Å². The minimum Gasteiger partial charge on any atom is -0.507 e. The molecule has 1 fully saturated rings. The Balaban J connectivity index is 2.15. The monoisotopic (exact) mass is 371 g/mol. The molecule has 1 unspecified atom stereocenters. The van der Waals surface area contributed by atoms with Gasteiger partial charge in [-0.3, -0.25) is 9.59 Å². The van der Waals surface area contributed by atoms with Crippen LogP contribution in [0.1, 0.15) is 17.2 Å². The fraction of sp³-hybridized carbons (Fsp3) is 0.200. The Morgan fingerprint density at radius 2 is 1.77 bits per heavy atom. The summed E-state index contributed by atoms with van der Waals surface area (Å²) in [5, 5.41) is 11.3. The van der Waals surface area contributed by atoms with Crippen molar-refractivity contribution >= 4 is 29.1 Å². The molecule has 26 heavy (non-hydrogen) atoms. The average Bonchev–Trinajstić information content (AvgIpc) is 2.91. The van der Waals surface area contributed by atoms with Crippen molar-refractivity contribution in [2.75, 3.05) is 20.3 Å². The summed E-state index contributed by atoms with van der Waals surface area (Å²) in [7, 11) is 1.53. The quantitative estimate of drug-likeness (QED) is 0.497. The number of aliphatic hydroxyl groups is 1. The number of benzene rings is 2. The summed E-state index contributed by atoms with van der Waals surface area (Å²) in [6, 6.07) is 14.9. The largest absolute Gasteiger partial charge is 0.507 e. The lowest BCUT2D eigenvalue weighted by atomic mass is 9.95. The Kier molecular flexibility index (Phi) is 5.40. The number of carbonyl (C=O) groups excluding carboxylic acids is 2. The van der Waals surface area contributed by atoms with Crippen molar-refractivity contribution in [3.63, 3.8) is 0 Å². The zero-order valence-corrected chi connectivity index (χ0v) is 14.9. The van der Waals surface area contributed by atoms with Gasteiger partial charge in [-0.25, -0.2) is 0 Å². The van der Waals surface area contributed by atoms with Crippen LogP contribution in [-0.2, 0) is 14.3 Å². The summed E-state index contributed by atoms with van der Waals surface area (Å²) in [4.78, 5) is 26.6. The summed E-state index contributed by atoms with van der Waals surface area (Å²) >= 11 is 5.96. The van der Waals surface area contributed by atoms with E-state index in [-0.39, 0.29) is 24.5 Å². The van der Waals surface area contributed by atoms with Crippen LogP contribution in [0.2, 0.25) is 5.02 Å². The molecule has 134 valence electrons. The first-order valence-electron chi connectivity index (χ1n) is 8.13. The van der Waals surface area contributed by atoms with Gasteiger partial charge in [0.05, 0.1) is 18.2 Å². The van der Waals surface area contributed by atoms with Crippen LogP contribution in [-0.4, -0.2) is 42.0 Å². The Morgan fingerprint density at radius 3 is 2.38 bits per heavy atom. The lowest BCUT2D eigenvalue weighted by molar-refractivity contribution is -0.140. The predicted molar refractivity (Wildman–Crippen MR) is 98.8 cm³/mol. The molecule has 3 rings (SSSR count). The van der Waals surface area contributed by atoms with E-state index < -0.39 is 17.7 Å². The minimum absolute atomic E-state index is 0.0691. The van der Waals surface area contributed by atoms with Crippen molar-refractivity contribution in [3.05, 3.63) is 76.3 Å². The molecule has 1 N–H and O–H groups in total. The van der Waals surface area contributed by atoms with Gasteiger partial charge in [0.2, 0.25) is 0 Å². The number of carbonyl (C=O) groups is 2. The first-order chi connectivity index (χ1) is 12.5. The van der Waals surface area contributed by atoms with E-state index in [0.717, 1.165) is 0 Å². The Hall–Kier alpha value is -2.63. The molecular formula is C20H18ClNO4. The molecule has 1 amide bonds. The summed E-state index contributed by atoms with van der Waals surface area (Å²) in [5.74, 6) is -1.55. The SMILES string of the molecule is COCCN1C(=O)C(=O)C(=C(O)c2ccccc2)C1c1ccc(Cl)cc1. The van der Waals surface area contributed by atoms with E-state index >= 15 is 0 Å². The second kappa shape index (κ2) is 7.72. The molecule has 0 saturated carbocycles. The highest BCUT2D eigenvalue weighted by Crippen LogP contribution is 2.39. The topological polar surface area (TPSA) is 66.8 Å². The molecule has 1 heterocycles. The van der Waals surface area contributed by atoms with Crippen LogP contribution in [0.4, 0.5) is 0 Å². The van der Waals surface area contributed by atoms with Crippen LogP contribution in [0.25, 0.3) is 5.76 Å². The second-order valence-electron chi connectivity index (χ2n) is 5.90. The molecule has 2 aromatic rings. The third kappa shape index (κ3) is 3.36. The standard InChI is InChI=1S/C20H18ClNO4/c1-26-12-11-22-17(13-7-9-15(21)10-8-13)16(19(24)20(22)25)18(23)14-5-3-2-4-6-14/h2-10,17,23H,11-12H2,1H3. The van der Waals surface area contributed by atoms with Crippen molar-refractivity contribution in [1.29, 1.82) is 0 Å². The Bertz CT molecular complexity index is 846. The number of Topliss-reactive ketones (excluding diaryl/α,β-unsaturated/α-hetero) is 1. The van der Waals surface area contributed by atoms with Crippen LogP contribution in [0.5, 0.6) is 0 Å². The van der Waals surface area contributed by atoms with E-state index in [4.69, 9.17) is 16.3 Å². The van der Waals surface area contributed by atoms with Crippen LogP contribution in [0.3, 0.4) is 0 Å². The maximum atomic E-state index is 12.7. The van der Waals surface area contributed by atoms with Gasteiger partial charge >= 0.3 is 0 Å². The zero-order valence-electron chi connectivity index (χ0n) is 14.2. The number of hydrogen-bond donors (Lipinski definition) is 1. The number of likely N-dealkylation sites (tertiary alicyclic amines) is 1. The number of aliphatic hydroxyl groups excluding tert-OH is 1. The summed E-state index contributed by atoms with van der Waals surface area (Å²) < 4.78 is 5.07. The van der Waals surface area contributed by atoms with E-state index in [1.54, 1.807) is 48.5 Å². The molecule has 0 spiro atoms. The summed E-state index contributed by atoms with van der Waals surface area (Å²) in [5.41, 5.74) is 1.25. The molecule has 0 aromatic heterocycles. The maximum Gasteiger partial charge on any atom is 0.295 e. The molecule has 1 aliphatic rings. The number of rotatable bonds is 5. The Labute approximate surface area is 156 Å². The van der Waals surface area contributed by atoms with Crippen LogP contribution >= 0.6 is 11.6 Å². The lowest BCUT2D eigenvalue weighted by Crippen LogP contribution is -2.32. The third-order valence-electron chi connectivity index (χ3n) is 4.31. The molecular weight excluding hydrogens is 354 g/mol. The fourth-order valence-electron chi connectivity index (χ4n) is 3.04. The number of ketones is 1. The van der Waals surface area contributed by atoms with Crippen molar-refractivity contribution in [3.8, 4) is 0 Å². The van der Waals surface area contributed by atoms with Crippen molar-refractivity contribution in [2.45, 2.75) is 6.04 Å². The third-order valence-corrected chi connectivity index (χ3v) is 4.56. The van der Waals surface area contributed by atoms with E-state index in [0.29, 0.717) is 16.1 Å². The number of ether oxygens (including phenoxy) is 1. The highest BCUT2D eigenvalue weighted by atomic mass is 35.5. The minimum atomic E-state index is -0.706. The zero-order chi connectivity index (χ0) is 18.7. The van der Waals surface area contributed by atoms with Crippen LogP contribution in [0.15, 0.2) is 60.2 Å². The average molecular weight is 372 g/mol. The second-order valence-corrected chi connectivity index (χ2v) is 6.34. The lowest BCUT2D eigenvalue weighted by Gasteiger charge is -2.25. The van der Waals surface area contributed by atoms with E-state index in [1.165, 1.54) is 12.0 Å². The normalized spacial score (nSPS) is 19.2. The van der Waals surface area contributed by atoms with E-state index in [9.17, 15) is 14.7 Å². The van der Waals surface area contributed by atoms with Gasteiger partial charge in [0.25, 0.3) is 11.7 Å².